The average molecular weight is 475 g/mol. The third-order valence-corrected chi connectivity index (χ3v) is 8.36. The smallest absolute Gasteiger partial charge is 0.235 e. The van der Waals surface area contributed by atoms with Crippen LogP contribution >= 0.6 is 11.8 Å². The number of nitrogens with zero attached hydrogens (tertiary/aromatic N) is 4. The lowest BCUT2D eigenvalue weighted by Gasteiger charge is -2.45. The van der Waals surface area contributed by atoms with Crippen LogP contribution in [-0.2, 0) is 11.2 Å². The van der Waals surface area contributed by atoms with E-state index in [1.54, 1.807) is 0 Å². The fourth-order valence-corrected chi connectivity index (χ4v) is 6.24. The van der Waals surface area contributed by atoms with E-state index < -0.39 is 11.2 Å². The maximum atomic E-state index is 12.4. The first-order chi connectivity index (χ1) is 16.5. The summed E-state index contributed by atoms with van der Waals surface area (Å²) >= 11 is 1.20. The number of amides is 1. The molecule has 2 fully saturated rings. The summed E-state index contributed by atoms with van der Waals surface area (Å²) in [6.45, 7) is 5.72. The van der Waals surface area contributed by atoms with Gasteiger partial charge in [0.15, 0.2) is 0 Å². The number of benzene rings is 1. The highest BCUT2D eigenvalue weighted by Gasteiger charge is 2.37. The molecule has 1 unspecified atom stereocenters. The van der Waals surface area contributed by atoms with Gasteiger partial charge in [-0.2, -0.15) is 10.5 Å². The molecule has 7 nitrogen and oxygen atoms in total. The molecule has 2 aromatic rings. The van der Waals surface area contributed by atoms with Crippen LogP contribution < -0.4 is 16.0 Å². The number of hydrogen-bond acceptors (Lipinski definition) is 7. The summed E-state index contributed by atoms with van der Waals surface area (Å²) in [5.41, 5.74) is 8.36. The van der Waals surface area contributed by atoms with Crippen LogP contribution in [0.4, 0.5) is 5.82 Å². The van der Waals surface area contributed by atoms with Crippen molar-refractivity contribution in [3.63, 3.8) is 0 Å². The standard InChI is InChI=1S/C26H30N6OS/c1-2-19-20(15-27)24(32-13-10-26(11-14-32)9-6-12-30-17-26)31-25(21(19)16-28)34-22(23(29)33)18-7-4-3-5-8-18/h3-5,7-8,22,30H,2,6,9-14,17H2,1H3,(H2,29,33). The molecule has 1 spiro atoms. The number of carbonyl (C=O) groups is 1. The van der Waals surface area contributed by atoms with Gasteiger partial charge >= 0.3 is 0 Å². The highest BCUT2D eigenvalue weighted by molar-refractivity contribution is 8.00. The van der Waals surface area contributed by atoms with Gasteiger partial charge in [-0.3, -0.25) is 4.79 Å². The molecular formula is C26H30N6OS. The summed E-state index contributed by atoms with van der Waals surface area (Å²) in [5, 5.41) is 23.4. The fourth-order valence-electron chi connectivity index (χ4n) is 5.18. The Balaban J connectivity index is 1.72. The third kappa shape index (κ3) is 4.75. The Morgan fingerprint density at radius 2 is 1.91 bits per heavy atom. The Kier molecular flexibility index (Phi) is 7.41. The number of carbonyl (C=O) groups excluding carboxylic acids is 1. The molecule has 34 heavy (non-hydrogen) atoms. The summed E-state index contributed by atoms with van der Waals surface area (Å²) in [4.78, 5) is 19.4. The van der Waals surface area contributed by atoms with Crippen molar-refractivity contribution < 1.29 is 4.79 Å². The molecular weight excluding hydrogens is 444 g/mol. The minimum absolute atomic E-state index is 0.323. The van der Waals surface area contributed by atoms with Gasteiger partial charge in [0.05, 0.1) is 11.1 Å². The summed E-state index contributed by atoms with van der Waals surface area (Å²) in [6.07, 6.45) is 5.06. The summed E-state index contributed by atoms with van der Waals surface area (Å²) in [7, 11) is 0. The van der Waals surface area contributed by atoms with Crippen molar-refractivity contribution in [2.45, 2.75) is 49.3 Å². The number of piperidine rings is 2. The van der Waals surface area contributed by atoms with Crippen molar-refractivity contribution in [2.75, 3.05) is 31.1 Å². The van der Waals surface area contributed by atoms with Crippen molar-refractivity contribution in [1.29, 1.82) is 10.5 Å². The van der Waals surface area contributed by atoms with Crippen molar-refractivity contribution in [1.82, 2.24) is 10.3 Å². The number of anilines is 1. The van der Waals surface area contributed by atoms with Gasteiger partial charge in [0, 0.05) is 19.6 Å². The van der Waals surface area contributed by atoms with E-state index in [4.69, 9.17) is 10.7 Å². The van der Waals surface area contributed by atoms with Gasteiger partial charge in [-0.05, 0) is 55.2 Å². The number of nitriles is 2. The van der Waals surface area contributed by atoms with Crippen LogP contribution in [-0.4, -0.2) is 37.1 Å². The number of rotatable bonds is 6. The monoisotopic (exact) mass is 474 g/mol. The van der Waals surface area contributed by atoms with Gasteiger partial charge in [-0.25, -0.2) is 4.98 Å². The van der Waals surface area contributed by atoms with Crippen LogP contribution in [0.1, 0.15) is 60.1 Å². The van der Waals surface area contributed by atoms with Gasteiger partial charge in [-0.1, -0.05) is 49.0 Å². The predicted molar refractivity (Wildman–Crippen MR) is 133 cm³/mol. The van der Waals surface area contributed by atoms with Crippen LogP contribution in [0.5, 0.6) is 0 Å². The van der Waals surface area contributed by atoms with Gasteiger partial charge in [0.25, 0.3) is 0 Å². The zero-order valence-corrected chi connectivity index (χ0v) is 20.3. The highest BCUT2D eigenvalue weighted by Crippen LogP contribution is 2.42. The molecule has 8 heteroatoms. The molecule has 2 aliphatic rings. The largest absolute Gasteiger partial charge is 0.368 e. The molecule has 0 radical (unpaired) electrons. The molecule has 0 saturated carbocycles. The Bertz CT molecular complexity index is 1120. The molecule has 4 rings (SSSR count). The topological polar surface area (TPSA) is 119 Å². The molecule has 176 valence electrons. The van der Waals surface area contributed by atoms with Crippen molar-refractivity contribution in [3.8, 4) is 12.1 Å². The van der Waals surface area contributed by atoms with Crippen molar-refractivity contribution >= 4 is 23.5 Å². The number of pyridine rings is 1. The first-order valence-electron chi connectivity index (χ1n) is 11.9. The molecule has 0 bridgehead atoms. The van der Waals surface area contributed by atoms with E-state index in [0.29, 0.717) is 39.4 Å². The average Bonchev–Trinajstić information content (AvgIpc) is 2.87. The molecule has 1 atom stereocenters. The van der Waals surface area contributed by atoms with Crippen molar-refractivity contribution in [2.24, 2.45) is 11.1 Å². The number of nitrogens with two attached hydrogens (primary N) is 1. The van der Waals surface area contributed by atoms with E-state index in [1.165, 1.54) is 24.6 Å². The molecule has 3 heterocycles. The summed E-state index contributed by atoms with van der Waals surface area (Å²) in [5.74, 6) is 0.131. The van der Waals surface area contributed by atoms with E-state index in [1.807, 2.05) is 37.3 Å². The lowest BCUT2D eigenvalue weighted by molar-refractivity contribution is -0.117. The molecule has 1 aromatic heterocycles. The van der Waals surface area contributed by atoms with Crippen LogP contribution in [0.2, 0.25) is 0 Å². The third-order valence-electron chi connectivity index (χ3n) is 7.10. The van der Waals surface area contributed by atoms with E-state index in [9.17, 15) is 15.3 Å². The van der Waals surface area contributed by atoms with Gasteiger partial charge in [-0.15, -0.1) is 0 Å². The second-order valence-corrected chi connectivity index (χ2v) is 10.2. The van der Waals surface area contributed by atoms with Crippen LogP contribution in [0.3, 0.4) is 0 Å². The fraction of sp³-hybridized carbons (Fsp3) is 0.462. The lowest BCUT2D eigenvalue weighted by atomic mass is 9.73. The first-order valence-corrected chi connectivity index (χ1v) is 12.7. The highest BCUT2D eigenvalue weighted by atomic mass is 32.2. The molecule has 1 aromatic carbocycles. The molecule has 1 amide bonds. The SMILES string of the molecule is CCc1c(C#N)c(SC(C(N)=O)c2ccccc2)nc(N2CCC3(CCCNC3)CC2)c1C#N. The van der Waals surface area contributed by atoms with E-state index in [-0.39, 0.29) is 0 Å². The Morgan fingerprint density at radius 3 is 2.47 bits per heavy atom. The molecule has 0 aliphatic carbocycles. The van der Waals surface area contributed by atoms with Crippen LogP contribution in [0.25, 0.3) is 0 Å². The zero-order chi connectivity index (χ0) is 24.1. The number of hydrogen-bond donors (Lipinski definition) is 2. The Morgan fingerprint density at radius 1 is 1.21 bits per heavy atom. The van der Waals surface area contributed by atoms with E-state index >= 15 is 0 Å². The maximum Gasteiger partial charge on any atom is 0.235 e. The van der Waals surface area contributed by atoms with Crippen molar-refractivity contribution in [3.05, 3.63) is 52.6 Å². The number of aromatic nitrogens is 1. The first kappa shape index (κ1) is 24.1. The van der Waals surface area contributed by atoms with Gasteiger partial charge < -0.3 is 16.0 Å². The minimum Gasteiger partial charge on any atom is -0.368 e. The lowest BCUT2D eigenvalue weighted by Crippen LogP contribution is -2.48. The van der Waals surface area contributed by atoms with Gasteiger partial charge in [0.2, 0.25) is 5.91 Å². The Hall–Kier alpha value is -3.07. The minimum atomic E-state index is -0.677. The van der Waals surface area contributed by atoms with Crippen LogP contribution in [0, 0.1) is 28.1 Å². The van der Waals surface area contributed by atoms with Crippen LogP contribution in [0.15, 0.2) is 35.4 Å². The maximum absolute atomic E-state index is 12.4. The molecule has 2 saturated heterocycles. The second kappa shape index (κ2) is 10.5. The predicted octanol–water partition coefficient (Wildman–Crippen LogP) is 3.68. The van der Waals surface area contributed by atoms with Gasteiger partial charge in [0.1, 0.15) is 28.2 Å². The van der Waals surface area contributed by atoms with E-state index in [0.717, 1.165) is 44.6 Å². The number of primary amides is 1. The summed E-state index contributed by atoms with van der Waals surface area (Å²) < 4.78 is 0. The zero-order valence-electron chi connectivity index (χ0n) is 19.5. The number of thioether (sulfide) groups is 1. The molecule has 2 aliphatic heterocycles. The second-order valence-electron chi connectivity index (χ2n) is 9.12. The van der Waals surface area contributed by atoms with E-state index in [2.05, 4.69) is 22.4 Å². The molecule has 3 N–H and O–H groups in total. The Labute approximate surface area is 205 Å². The quantitative estimate of drug-likeness (QED) is 0.613. The normalized spacial score (nSPS) is 18.1. The number of nitrogens with one attached hydrogen (secondary N) is 1. The summed E-state index contributed by atoms with van der Waals surface area (Å²) in [6, 6.07) is 13.9.